The van der Waals surface area contributed by atoms with E-state index in [1.807, 2.05) is 6.07 Å². The van der Waals surface area contributed by atoms with Crippen molar-refractivity contribution >= 4 is 0 Å². The number of aromatic amines is 1. The molecule has 0 aliphatic carbocycles. The molecule has 0 amide bonds. The van der Waals surface area contributed by atoms with Gasteiger partial charge in [-0.15, -0.1) is 0 Å². The molecule has 0 saturated heterocycles. The SMILES string of the molecule is Cc1cccc(Cc2cnc(=O)[nH]c2)c1. The van der Waals surface area contributed by atoms with Gasteiger partial charge in [-0.2, -0.15) is 0 Å². The maximum atomic E-state index is 10.8. The van der Waals surface area contributed by atoms with Crippen LogP contribution in [-0.4, -0.2) is 9.97 Å². The molecule has 0 spiro atoms. The van der Waals surface area contributed by atoms with Crippen LogP contribution in [0.15, 0.2) is 41.5 Å². The third-order valence-corrected chi connectivity index (χ3v) is 2.22. The van der Waals surface area contributed by atoms with Crippen LogP contribution in [0, 0.1) is 6.92 Å². The summed E-state index contributed by atoms with van der Waals surface area (Å²) in [5, 5.41) is 0. The third-order valence-electron chi connectivity index (χ3n) is 2.22. The Hall–Kier alpha value is -1.90. The van der Waals surface area contributed by atoms with Crippen molar-refractivity contribution in [3.63, 3.8) is 0 Å². The Balaban J connectivity index is 2.22. The number of aromatic nitrogens is 2. The van der Waals surface area contributed by atoms with E-state index in [4.69, 9.17) is 0 Å². The van der Waals surface area contributed by atoms with Gasteiger partial charge in [0.1, 0.15) is 0 Å². The zero-order chi connectivity index (χ0) is 10.7. The molecule has 1 heterocycles. The second kappa shape index (κ2) is 4.09. The molecule has 0 radical (unpaired) electrons. The Labute approximate surface area is 87.8 Å². The second-order valence-corrected chi connectivity index (χ2v) is 3.59. The van der Waals surface area contributed by atoms with E-state index in [1.54, 1.807) is 12.4 Å². The number of benzene rings is 1. The average Bonchev–Trinajstić information content (AvgIpc) is 2.22. The highest BCUT2D eigenvalue weighted by molar-refractivity contribution is 5.26. The van der Waals surface area contributed by atoms with Crippen LogP contribution in [-0.2, 0) is 6.42 Å². The minimum Gasteiger partial charge on any atom is -0.312 e. The number of nitrogens with zero attached hydrogens (tertiary/aromatic N) is 1. The lowest BCUT2D eigenvalue weighted by atomic mass is 10.1. The Bertz CT molecular complexity index is 497. The number of nitrogens with one attached hydrogen (secondary N) is 1. The normalized spacial score (nSPS) is 10.2. The van der Waals surface area contributed by atoms with Gasteiger partial charge in [-0.3, -0.25) is 0 Å². The summed E-state index contributed by atoms with van der Waals surface area (Å²) in [6.45, 7) is 2.06. The maximum Gasteiger partial charge on any atom is 0.344 e. The summed E-state index contributed by atoms with van der Waals surface area (Å²) in [5.41, 5.74) is 3.18. The number of hydrogen-bond acceptors (Lipinski definition) is 2. The molecule has 3 heteroatoms. The summed E-state index contributed by atoms with van der Waals surface area (Å²) in [6, 6.07) is 8.29. The van der Waals surface area contributed by atoms with Gasteiger partial charge in [-0.25, -0.2) is 9.78 Å². The fourth-order valence-corrected chi connectivity index (χ4v) is 1.52. The lowest BCUT2D eigenvalue weighted by Gasteiger charge is -2.01. The lowest BCUT2D eigenvalue weighted by Crippen LogP contribution is -2.09. The molecule has 0 saturated carbocycles. The highest BCUT2D eigenvalue weighted by Crippen LogP contribution is 2.08. The molecule has 0 fully saturated rings. The summed E-state index contributed by atoms with van der Waals surface area (Å²) in [6.07, 6.45) is 4.12. The van der Waals surface area contributed by atoms with Crippen molar-refractivity contribution in [3.05, 3.63) is 63.8 Å². The van der Waals surface area contributed by atoms with Crippen molar-refractivity contribution in [2.24, 2.45) is 0 Å². The molecule has 0 atom stereocenters. The van der Waals surface area contributed by atoms with E-state index in [9.17, 15) is 4.79 Å². The number of rotatable bonds is 2. The fraction of sp³-hybridized carbons (Fsp3) is 0.167. The molecule has 1 aromatic carbocycles. The van der Waals surface area contributed by atoms with Gasteiger partial charge in [-0.05, 0) is 18.1 Å². The molecule has 0 aliphatic rings. The molecule has 2 rings (SSSR count). The molecule has 0 unspecified atom stereocenters. The monoisotopic (exact) mass is 200 g/mol. The average molecular weight is 200 g/mol. The van der Waals surface area contributed by atoms with Gasteiger partial charge in [0.25, 0.3) is 0 Å². The van der Waals surface area contributed by atoms with Crippen molar-refractivity contribution < 1.29 is 0 Å². The molecule has 0 bridgehead atoms. The molecule has 1 aromatic heterocycles. The van der Waals surface area contributed by atoms with E-state index < -0.39 is 0 Å². The third kappa shape index (κ3) is 2.53. The van der Waals surface area contributed by atoms with Crippen LogP contribution in [0.1, 0.15) is 16.7 Å². The van der Waals surface area contributed by atoms with Gasteiger partial charge >= 0.3 is 5.69 Å². The zero-order valence-electron chi connectivity index (χ0n) is 8.53. The van der Waals surface area contributed by atoms with E-state index in [1.165, 1.54) is 11.1 Å². The molecule has 76 valence electrons. The highest BCUT2D eigenvalue weighted by Gasteiger charge is 1.97. The lowest BCUT2D eigenvalue weighted by molar-refractivity contribution is 1.01. The van der Waals surface area contributed by atoms with Crippen LogP contribution < -0.4 is 5.69 Å². The summed E-state index contributed by atoms with van der Waals surface area (Å²) >= 11 is 0. The number of aryl methyl sites for hydroxylation is 1. The van der Waals surface area contributed by atoms with Gasteiger partial charge in [-0.1, -0.05) is 29.8 Å². The van der Waals surface area contributed by atoms with Crippen LogP contribution in [0.2, 0.25) is 0 Å². The second-order valence-electron chi connectivity index (χ2n) is 3.59. The summed E-state index contributed by atoms with van der Waals surface area (Å²) < 4.78 is 0. The van der Waals surface area contributed by atoms with Gasteiger partial charge in [0.2, 0.25) is 0 Å². The van der Waals surface area contributed by atoms with Gasteiger partial charge in [0.05, 0.1) is 0 Å². The molecule has 15 heavy (non-hydrogen) atoms. The molecular weight excluding hydrogens is 188 g/mol. The molecule has 2 aromatic rings. The van der Waals surface area contributed by atoms with Crippen molar-refractivity contribution in [2.75, 3.05) is 0 Å². The largest absolute Gasteiger partial charge is 0.344 e. The van der Waals surface area contributed by atoms with Crippen LogP contribution in [0.25, 0.3) is 0 Å². The summed E-state index contributed by atoms with van der Waals surface area (Å²) in [7, 11) is 0. The smallest absolute Gasteiger partial charge is 0.312 e. The first-order valence-corrected chi connectivity index (χ1v) is 4.83. The standard InChI is InChI=1S/C12H12N2O/c1-9-3-2-4-10(5-9)6-11-7-13-12(15)14-8-11/h2-5,7-8H,6H2,1H3,(H,13,14,15). The van der Waals surface area contributed by atoms with E-state index in [2.05, 4.69) is 35.1 Å². The maximum absolute atomic E-state index is 10.8. The number of hydrogen-bond donors (Lipinski definition) is 1. The highest BCUT2D eigenvalue weighted by atomic mass is 16.1. The van der Waals surface area contributed by atoms with Crippen molar-refractivity contribution in [2.45, 2.75) is 13.3 Å². The first-order valence-electron chi connectivity index (χ1n) is 4.83. The summed E-state index contributed by atoms with van der Waals surface area (Å²) in [5.74, 6) is 0. The minimum atomic E-state index is -0.303. The van der Waals surface area contributed by atoms with E-state index in [-0.39, 0.29) is 5.69 Å². The van der Waals surface area contributed by atoms with Crippen LogP contribution in [0.5, 0.6) is 0 Å². The molecule has 0 aliphatic heterocycles. The predicted molar refractivity (Wildman–Crippen MR) is 58.8 cm³/mol. The van der Waals surface area contributed by atoms with Crippen LogP contribution in [0.3, 0.4) is 0 Å². The van der Waals surface area contributed by atoms with E-state index in [0.29, 0.717) is 0 Å². The van der Waals surface area contributed by atoms with E-state index in [0.717, 1.165) is 12.0 Å². The number of H-pyrrole nitrogens is 1. The van der Waals surface area contributed by atoms with Gasteiger partial charge in [0, 0.05) is 18.8 Å². The van der Waals surface area contributed by atoms with Crippen LogP contribution in [0.4, 0.5) is 0 Å². The predicted octanol–water partition coefficient (Wildman–Crippen LogP) is 1.67. The summed E-state index contributed by atoms with van der Waals surface area (Å²) in [4.78, 5) is 17.0. The van der Waals surface area contributed by atoms with Crippen molar-refractivity contribution in [1.82, 2.24) is 9.97 Å². The topological polar surface area (TPSA) is 45.8 Å². The minimum absolute atomic E-state index is 0.303. The van der Waals surface area contributed by atoms with Crippen molar-refractivity contribution in [3.8, 4) is 0 Å². The first-order chi connectivity index (χ1) is 7.24. The zero-order valence-corrected chi connectivity index (χ0v) is 8.53. The first kappa shape index (κ1) is 9.65. The Morgan fingerprint density at radius 2 is 2.20 bits per heavy atom. The van der Waals surface area contributed by atoms with Gasteiger partial charge in [0.15, 0.2) is 0 Å². The van der Waals surface area contributed by atoms with Gasteiger partial charge < -0.3 is 4.98 Å². The van der Waals surface area contributed by atoms with Crippen LogP contribution >= 0.6 is 0 Å². The fourth-order valence-electron chi connectivity index (χ4n) is 1.52. The van der Waals surface area contributed by atoms with E-state index >= 15 is 0 Å². The molecular formula is C12H12N2O. The Morgan fingerprint density at radius 3 is 2.87 bits per heavy atom. The Kier molecular flexibility index (Phi) is 2.63. The molecule has 1 N–H and O–H groups in total. The molecule has 3 nitrogen and oxygen atoms in total. The quantitative estimate of drug-likeness (QED) is 0.801. The van der Waals surface area contributed by atoms with Crippen molar-refractivity contribution in [1.29, 1.82) is 0 Å². The Morgan fingerprint density at radius 1 is 1.33 bits per heavy atom.